The van der Waals surface area contributed by atoms with E-state index < -0.39 is 12.1 Å². The smallest absolute Gasteiger partial charge is 0.220 e. The lowest BCUT2D eigenvalue weighted by Crippen LogP contribution is -2.45. The van der Waals surface area contributed by atoms with Crippen molar-refractivity contribution >= 4 is 5.91 Å². The molecule has 0 aromatic heterocycles. The van der Waals surface area contributed by atoms with Crippen LogP contribution in [-0.2, 0) is 4.79 Å². The lowest BCUT2D eigenvalue weighted by Gasteiger charge is -2.19. The van der Waals surface area contributed by atoms with Crippen molar-refractivity contribution in [2.75, 3.05) is 6.61 Å². The maximum absolute atomic E-state index is 12.2. The van der Waals surface area contributed by atoms with Gasteiger partial charge in [-0.15, -0.1) is 0 Å². The standard InChI is InChI=1S/C52H83NO3/c1-3-5-7-8-9-10-11-12-13-14-15-16-17-18-19-20-21-22-23-24-25-26-27-28-29-30-31-32-33-34-35-36-37-38-39-40-41-42-43-44-46-48-52(56)53-50(49-54)51(55)47-45-6-4-2/h5,7,9-10,12-13,15-16,18-19,21-22,24-25,27-28,30-31,33-34,45,47,50-51,54-55H,3-4,6,8,11,14,17,20,23,26,29,32,35-44,46,48-49H2,1-2H3,(H,53,56)/b7-5-,10-9-,13-12-,16-15-,19-18-,22-21-,25-24-,28-27-,31-30-,34-33-,47-45+. The molecule has 4 heteroatoms. The third kappa shape index (κ3) is 41.7. The second-order valence-corrected chi connectivity index (χ2v) is 14.4. The van der Waals surface area contributed by atoms with Crippen LogP contribution in [0.15, 0.2) is 134 Å². The average Bonchev–Trinajstić information content (AvgIpc) is 3.20. The van der Waals surface area contributed by atoms with Crippen LogP contribution in [0, 0.1) is 0 Å². The topological polar surface area (TPSA) is 69.6 Å². The number of hydrogen-bond donors (Lipinski definition) is 3. The first kappa shape index (κ1) is 52.5. The SMILES string of the molecule is CC/C=C\C/C=C\C/C=C\C/C=C\C/C=C\C/C=C\C/C=C\C/C=C\C/C=C\C/C=C\CCCCCCCCCCCCC(=O)NC(CO)C(O)/C=C/CCC. The van der Waals surface area contributed by atoms with E-state index in [2.05, 4.69) is 141 Å². The van der Waals surface area contributed by atoms with Gasteiger partial charge in [-0.1, -0.05) is 205 Å². The van der Waals surface area contributed by atoms with Gasteiger partial charge in [-0.25, -0.2) is 0 Å². The van der Waals surface area contributed by atoms with Crippen molar-refractivity contribution in [2.24, 2.45) is 0 Å². The van der Waals surface area contributed by atoms with E-state index in [1.165, 1.54) is 51.4 Å². The molecule has 314 valence electrons. The minimum Gasteiger partial charge on any atom is -0.394 e. The molecule has 0 aliphatic rings. The molecule has 0 rings (SSSR count). The summed E-state index contributed by atoms with van der Waals surface area (Å²) in [5.74, 6) is -0.0884. The number of amides is 1. The molecule has 0 heterocycles. The lowest BCUT2D eigenvalue weighted by molar-refractivity contribution is -0.123. The van der Waals surface area contributed by atoms with Crippen LogP contribution in [0.25, 0.3) is 0 Å². The number of rotatable bonds is 38. The molecular weight excluding hydrogens is 687 g/mol. The summed E-state index contributed by atoms with van der Waals surface area (Å²) in [5.41, 5.74) is 0. The first-order valence-corrected chi connectivity index (χ1v) is 22.4. The fourth-order valence-corrected chi connectivity index (χ4v) is 5.74. The quantitative estimate of drug-likeness (QED) is 0.0433. The van der Waals surface area contributed by atoms with Crippen molar-refractivity contribution in [3.8, 4) is 0 Å². The van der Waals surface area contributed by atoms with Crippen LogP contribution in [0.4, 0.5) is 0 Å². The third-order valence-corrected chi connectivity index (χ3v) is 9.12. The maximum Gasteiger partial charge on any atom is 0.220 e. The van der Waals surface area contributed by atoms with Crippen LogP contribution < -0.4 is 5.32 Å². The Kier molecular flexibility index (Phi) is 43.1. The minimum absolute atomic E-state index is 0.0884. The summed E-state index contributed by atoms with van der Waals surface area (Å²) in [6.07, 6.45) is 73.5. The molecule has 0 radical (unpaired) electrons. The number of carbonyl (C=O) groups is 1. The van der Waals surface area contributed by atoms with Gasteiger partial charge in [0, 0.05) is 6.42 Å². The van der Waals surface area contributed by atoms with Crippen LogP contribution in [0.3, 0.4) is 0 Å². The molecule has 0 fully saturated rings. The highest BCUT2D eigenvalue weighted by atomic mass is 16.3. The van der Waals surface area contributed by atoms with E-state index in [1.54, 1.807) is 6.08 Å². The van der Waals surface area contributed by atoms with E-state index >= 15 is 0 Å². The molecule has 4 nitrogen and oxygen atoms in total. The minimum atomic E-state index is -0.844. The van der Waals surface area contributed by atoms with Gasteiger partial charge in [0.05, 0.1) is 18.8 Å². The van der Waals surface area contributed by atoms with Crippen LogP contribution in [-0.4, -0.2) is 34.9 Å². The largest absolute Gasteiger partial charge is 0.394 e. The van der Waals surface area contributed by atoms with Crippen LogP contribution >= 0.6 is 0 Å². The molecule has 0 spiro atoms. The molecular formula is C52H83NO3. The number of allylic oxidation sites excluding steroid dienone is 21. The highest BCUT2D eigenvalue weighted by molar-refractivity contribution is 5.76. The van der Waals surface area contributed by atoms with E-state index in [1.807, 2.05) is 6.08 Å². The van der Waals surface area contributed by atoms with Gasteiger partial charge >= 0.3 is 0 Å². The van der Waals surface area contributed by atoms with Crippen molar-refractivity contribution in [1.29, 1.82) is 0 Å². The summed E-state index contributed by atoms with van der Waals surface area (Å²) in [6, 6.07) is -0.628. The van der Waals surface area contributed by atoms with Gasteiger partial charge in [-0.05, 0) is 89.9 Å². The summed E-state index contributed by atoms with van der Waals surface area (Å²) in [6.45, 7) is 3.97. The number of nitrogens with one attached hydrogen (secondary N) is 1. The Balaban J connectivity index is 3.57. The number of carbonyl (C=O) groups excluding carboxylic acids is 1. The van der Waals surface area contributed by atoms with Gasteiger partial charge < -0.3 is 15.5 Å². The monoisotopic (exact) mass is 770 g/mol. The summed E-state index contributed by atoms with van der Waals surface area (Å²) < 4.78 is 0. The van der Waals surface area contributed by atoms with Gasteiger partial charge in [0.1, 0.15) is 0 Å². The summed E-state index contributed by atoms with van der Waals surface area (Å²) in [5, 5.41) is 22.4. The van der Waals surface area contributed by atoms with E-state index in [0.717, 1.165) is 96.3 Å². The maximum atomic E-state index is 12.2. The highest BCUT2D eigenvalue weighted by Crippen LogP contribution is 2.13. The molecule has 1 amide bonds. The van der Waals surface area contributed by atoms with Gasteiger partial charge in [0.2, 0.25) is 5.91 Å². The zero-order chi connectivity index (χ0) is 40.7. The van der Waals surface area contributed by atoms with E-state index in [0.29, 0.717) is 6.42 Å². The highest BCUT2D eigenvalue weighted by Gasteiger charge is 2.17. The number of aliphatic hydroxyl groups excluding tert-OH is 2. The van der Waals surface area contributed by atoms with E-state index in [-0.39, 0.29) is 12.5 Å². The Morgan fingerprint density at radius 3 is 1.14 bits per heavy atom. The number of aliphatic hydroxyl groups is 2. The van der Waals surface area contributed by atoms with E-state index in [4.69, 9.17) is 0 Å². The molecule has 0 saturated carbocycles. The second kappa shape index (κ2) is 45.9. The summed E-state index contributed by atoms with van der Waals surface area (Å²) in [4.78, 5) is 12.2. The number of hydrogen-bond acceptors (Lipinski definition) is 3. The molecule has 0 bridgehead atoms. The molecule has 0 aliphatic carbocycles. The fourth-order valence-electron chi connectivity index (χ4n) is 5.74. The predicted octanol–water partition coefficient (Wildman–Crippen LogP) is 14.3. The Hall–Kier alpha value is -3.47. The Morgan fingerprint density at radius 1 is 0.446 bits per heavy atom. The van der Waals surface area contributed by atoms with E-state index in [9.17, 15) is 15.0 Å². The van der Waals surface area contributed by atoms with Crippen LogP contribution in [0.2, 0.25) is 0 Å². The van der Waals surface area contributed by atoms with Gasteiger partial charge in [0.15, 0.2) is 0 Å². The molecule has 56 heavy (non-hydrogen) atoms. The number of unbranched alkanes of at least 4 members (excludes halogenated alkanes) is 11. The normalized spacial score (nSPS) is 14.3. The fraction of sp³-hybridized carbons (Fsp3) is 0.558. The molecule has 3 N–H and O–H groups in total. The molecule has 2 atom stereocenters. The zero-order valence-corrected chi connectivity index (χ0v) is 35.8. The molecule has 0 aliphatic heterocycles. The van der Waals surface area contributed by atoms with Gasteiger partial charge in [0.25, 0.3) is 0 Å². The first-order chi connectivity index (χ1) is 27.7. The molecule has 0 aromatic carbocycles. The molecule has 0 aromatic rings. The summed E-state index contributed by atoms with van der Waals surface area (Å²) >= 11 is 0. The van der Waals surface area contributed by atoms with Crippen molar-refractivity contribution in [3.05, 3.63) is 134 Å². The Morgan fingerprint density at radius 2 is 0.786 bits per heavy atom. The predicted molar refractivity (Wildman–Crippen MR) is 248 cm³/mol. The second-order valence-electron chi connectivity index (χ2n) is 14.4. The van der Waals surface area contributed by atoms with Gasteiger partial charge in [-0.3, -0.25) is 4.79 Å². The Bertz CT molecular complexity index is 1190. The third-order valence-electron chi connectivity index (χ3n) is 9.12. The van der Waals surface area contributed by atoms with Crippen LogP contribution in [0.1, 0.15) is 168 Å². The first-order valence-electron chi connectivity index (χ1n) is 22.4. The van der Waals surface area contributed by atoms with Crippen LogP contribution in [0.5, 0.6) is 0 Å². The van der Waals surface area contributed by atoms with Gasteiger partial charge in [-0.2, -0.15) is 0 Å². The Labute approximate surface area is 345 Å². The molecule has 0 saturated heterocycles. The average molecular weight is 770 g/mol. The zero-order valence-electron chi connectivity index (χ0n) is 35.8. The van der Waals surface area contributed by atoms with Crippen molar-refractivity contribution < 1.29 is 15.0 Å². The molecule has 2 unspecified atom stereocenters. The lowest BCUT2D eigenvalue weighted by atomic mass is 10.0. The van der Waals surface area contributed by atoms with Crippen molar-refractivity contribution in [2.45, 2.75) is 180 Å². The summed E-state index contributed by atoms with van der Waals surface area (Å²) in [7, 11) is 0. The van der Waals surface area contributed by atoms with Crippen molar-refractivity contribution in [1.82, 2.24) is 5.32 Å². The van der Waals surface area contributed by atoms with Crippen molar-refractivity contribution in [3.63, 3.8) is 0 Å².